The van der Waals surface area contributed by atoms with Crippen LogP contribution in [0.4, 0.5) is 10.5 Å². The largest absolute Gasteiger partial charge is 0.489 e. The minimum Gasteiger partial charge on any atom is -0.489 e. The molecular formula is C26H30ClN5O3. The van der Waals surface area contributed by atoms with Crippen LogP contribution in [0.1, 0.15) is 52.0 Å². The van der Waals surface area contributed by atoms with Gasteiger partial charge in [-0.1, -0.05) is 11.6 Å². The number of H-pyrrole nitrogens is 1. The fourth-order valence-electron chi connectivity index (χ4n) is 4.97. The van der Waals surface area contributed by atoms with Crippen LogP contribution >= 0.6 is 11.6 Å². The summed E-state index contributed by atoms with van der Waals surface area (Å²) in [6.07, 6.45) is 10.5. The minimum absolute atomic E-state index is 0.144. The van der Waals surface area contributed by atoms with Crippen molar-refractivity contribution in [3.63, 3.8) is 0 Å². The molecule has 1 N–H and O–H groups in total. The lowest BCUT2D eigenvalue weighted by molar-refractivity contribution is 0.0584. The second kappa shape index (κ2) is 9.49. The first kappa shape index (κ1) is 23.6. The highest BCUT2D eigenvalue weighted by atomic mass is 35.5. The van der Waals surface area contributed by atoms with E-state index in [-0.39, 0.29) is 12.0 Å². The first-order valence-corrected chi connectivity index (χ1v) is 12.4. The zero-order valence-corrected chi connectivity index (χ0v) is 21.0. The van der Waals surface area contributed by atoms with Gasteiger partial charge in [0.2, 0.25) is 0 Å². The summed E-state index contributed by atoms with van der Waals surface area (Å²) in [5.41, 5.74) is 2.15. The zero-order chi connectivity index (χ0) is 24.6. The van der Waals surface area contributed by atoms with Crippen LogP contribution in [0.3, 0.4) is 0 Å². The molecule has 35 heavy (non-hydrogen) atoms. The zero-order valence-electron chi connectivity index (χ0n) is 20.3. The van der Waals surface area contributed by atoms with Crippen LogP contribution < -0.4 is 20.3 Å². The van der Waals surface area contributed by atoms with Crippen LogP contribution in [0.2, 0.25) is 0 Å². The van der Waals surface area contributed by atoms with Crippen LogP contribution in [-0.2, 0) is 11.3 Å². The van der Waals surface area contributed by atoms with E-state index in [9.17, 15) is 4.79 Å². The Morgan fingerprint density at radius 3 is 2.74 bits per heavy atom. The van der Waals surface area contributed by atoms with E-state index in [1.807, 2.05) is 39.0 Å². The molecule has 1 amide bonds. The van der Waals surface area contributed by atoms with Crippen LogP contribution in [0.15, 0.2) is 45.9 Å². The highest BCUT2D eigenvalue weighted by Gasteiger charge is 2.33. The van der Waals surface area contributed by atoms with Crippen molar-refractivity contribution in [2.24, 2.45) is 16.1 Å². The second-order valence-electron chi connectivity index (χ2n) is 10.1. The molecule has 4 heterocycles. The number of halogens is 1. The molecule has 0 radical (unpaired) electrons. The number of hydrogen-bond acceptors (Lipinski definition) is 6. The van der Waals surface area contributed by atoms with Crippen LogP contribution in [0, 0.1) is 5.92 Å². The Balaban J connectivity index is 1.50. The molecule has 0 bridgehead atoms. The van der Waals surface area contributed by atoms with E-state index >= 15 is 0 Å². The number of ether oxygens (including phenoxy) is 2. The molecule has 2 aromatic rings. The van der Waals surface area contributed by atoms with Crippen LogP contribution in [-0.4, -0.2) is 34.3 Å². The molecule has 1 aliphatic carbocycles. The number of azo groups is 1. The molecule has 5 rings (SSSR count). The van der Waals surface area contributed by atoms with Crippen molar-refractivity contribution >= 4 is 35.2 Å². The summed E-state index contributed by atoms with van der Waals surface area (Å²) in [6, 6.07) is 3.82. The van der Waals surface area contributed by atoms with E-state index in [2.05, 4.69) is 20.2 Å². The average Bonchev–Trinajstić information content (AvgIpc) is 3.12. The Kier molecular flexibility index (Phi) is 6.40. The maximum absolute atomic E-state index is 13.2. The molecule has 184 valence electrons. The summed E-state index contributed by atoms with van der Waals surface area (Å²) < 4.78 is 11.9. The Labute approximate surface area is 209 Å². The normalized spacial score (nSPS) is 21.9. The third-order valence-electron chi connectivity index (χ3n) is 6.49. The summed E-state index contributed by atoms with van der Waals surface area (Å²) in [6.45, 7) is 6.32. The Bertz CT molecular complexity index is 1280. The molecule has 9 heteroatoms. The smallest absolute Gasteiger partial charge is 0.415 e. The highest BCUT2D eigenvalue weighted by Crippen LogP contribution is 2.38. The number of allylic oxidation sites excluding steroid dienone is 1. The van der Waals surface area contributed by atoms with Gasteiger partial charge in [-0.15, -0.1) is 0 Å². The lowest BCUT2D eigenvalue weighted by atomic mass is 9.81. The minimum atomic E-state index is -0.613. The molecule has 2 aliphatic heterocycles. The van der Waals surface area contributed by atoms with Gasteiger partial charge >= 0.3 is 6.09 Å². The summed E-state index contributed by atoms with van der Waals surface area (Å²) in [7, 11) is 0. The predicted octanol–water partition coefficient (Wildman–Crippen LogP) is 4.78. The van der Waals surface area contributed by atoms with Gasteiger partial charge in [-0.25, -0.2) is 4.79 Å². The molecule has 2 aromatic heterocycles. The third kappa shape index (κ3) is 4.98. The molecule has 1 fully saturated rings. The fourth-order valence-corrected chi connectivity index (χ4v) is 5.29. The number of nitrogens with one attached hydrogen (secondary N) is 1. The van der Waals surface area contributed by atoms with Crippen molar-refractivity contribution in [2.75, 3.05) is 11.4 Å². The van der Waals surface area contributed by atoms with Gasteiger partial charge in [0.25, 0.3) is 0 Å². The average molecular weight is 496 g/mol. The van der Waals surface area contributed by atoms with E-state index in [0.29, 0.717) is 18.1 Å². The SMILES string of the molecule is CC(C)(C)OC(=O)N1CC=C(Cl)C(C2CCC(Oc3cccnc3)CC2)=c2[nH]c3c(c21)CN=NC=3. The standard InChI is InChI=1S/C26H30ClN5O3/c1-26(2,3)35-25(33)32-12-10-20(27)22(23-24(32)19-14-29-30-15-21(19)31-23)16-6-8-17(9-7-16)34-18-5-4-11-28-13-18/h4-5,10-11,13,15-17,31H,6-9,12,14H2,1-3H3. The number of hydrogen-bond donors (Lipinski definition) is 1. The van der Waals surface area contributed by atoms with Gasteiger partial charge in [0.1, 0.15) is 11.4 Å². The summed E-state index contributed by atoms with van der Waals surface area (Å²) in [5.74, 6) is 1.03. The van der Waals surface area contributed by atoms with Crippen molar-refractivity contribution in [3.05, 3.63) is 51.9 Å². The molecule has 0 unspecified atom stereocenters. The third-order valence-corrected chi connectivity index (χ3v) is 6.85. The van der Waals surface area contributed by atoms with Crippen molar-refractivity contribution in [1.82, 2.24) is 9.97 Å². The fraction of sp³-hybridized carbons (Fsp3) is 0.462. The van der Waals surface area contributed by atoms with Gasteiger partial charge < -0.3 is 14.5 Å². The monoisotopic (exact) mass is 495 g/mol. The van der Waals surface area contributed by atoms with E-state index in [1.54, 1.807) is 23.5 Å². The van der Waals surface area contributed by atoms with Gasteiger partial charge in [0.05, 0.1) is 41.4 Å². The Morgan fingerprint density at radius 2 is 2.03 bits per heavy atom. The van der Waals surface area contributed by atoms with E-state index in [0.717, 1.165) is 59.0 Å². The maximum Gasteiger partial charge on any atom is 0.415 e. The first-order chi connectivity index (χ1) is 16.8. The van der Waals surface area contributed by atoms with Crippen molar-refractivity contribution in [1.29, 1.82) is 0 Å². The molecule has 1 saturated carbocycles. The number of aromatic amines is 1. The molecular weight excluding hydrogens is 466 g/mol. The maximum atomic E-state index is 13.2. The number of anilines is 1. The number of carbonyl (C=O) groups excluding carboxylic acids is 1. The van der Waals surface area contributed by atoms with Crippen molar-refractivity contribution in [3.8, 4) is 5.75 Å². The number of amides is 1. The quantitative estimate of drug-likeness (QED) is 0.663. The van der Waals surface area contributed by atoms with Gasteiger partial charge in [0, 0.05) is 23.3 Å². The second-order valence-corrected chi connectivity index (χ2v) is 10.5. The predicted molar refractivity (Wildman–Crippen MR) is 135 cm³/mol. The summed E-state index contributed by atoms with van der Waals surface area (Å²) >= 11 is 6.91. The molecule has 0 aromatic carbocycles. The molecule has 0 atom stereocenters. The molecule has 8 nitrogen and oxygen atoms in total. The highest BCUT2D eigenvalue weighted by molar-refractivity contribution is 6.36. The Hall–Kier alpha value is -3.13. The van der Waals surface area contributed by atoms with E-state index < -0.39 is 11.7 Å². The summed E-state index contributed by atoms with van der Waals surface area (Å²) in [4.78, 5) is 22.6. The Morgan fingerprint density at radius 1 is 1.23 bits per heavy atom. The van der Waals surface area contributed by atoms with Gasteiger partial charge in [-0.05, 0) is 76.2 Å². The molecule has 0 saturated heterocycles. The van der Waals surface area contributed by atoms with Crippen molar-refractivity contribution < 1.29 is 14.3 Å². The molecule has 3 aliphatic rings. The van der Waals surface area contributed by atoms with Crippen molar-refractivity contribution in [2.45, 2.75) is 64.7 Å². The number of rotatable bonds is 3. The number of carbonyl (C=O) groups is 1. The van der Waals surface area contributed by atoms with Crippen LogP contribution in [0.5, 0.6) is 5.75 Å². The first-order valence-electron chi connectivity index (χ1n) is 12.1. The van der Waals surface area contributed by atoms with Gasteiger partial charge in [0.15, 0.2) is 0 Å². The van der Waals surface area contributed by atoms with Gasteiger partial charge in [-0.3, -0.25) is 9.88 Å². The summed E-state index contributed by atoms with van der Waals surface area (Å²) in [5, 5.41) is 10.7. The number of aromatic nitrogens is 2. The molecule has 0 spiro atoms. The number of nitrogens with zero attached hydrogens (tertiary/aromatic N) is 4. The lowest BCUT2D eigenvalue weighted by Gasteiger charge is -2.30. The van der Waals surface area contributed by atoms with E-state index in [1.165, 1.54) is 0 Å². The number of fused-ring (bicyclic) bond motifs is 3. The van der Waals surface area contributed by atoms with E-state index in [4.69, 9.17) is 21.1 Å². The lowest BCUT2D eigenvalue weighted by Crippen LogP contribution is -2.39. The van der Waals surface area contributed by atoms with Gasteiger partial charge in [-0.2, -0.15) is 10.2 Å². The topological polar surface area (TPSA) is 92.2 Å². The van der Waals surface area contributed by atoms with Crippen LogP contribution in [0.25, 0.3) is 11.8 Å². The number of pyridine rings is 1.